The molecule has 2 heterocycles. The van der Waals surface area contributed by atoms with Crippen molar-refractivity contribution < 1.29 is 14.3 Å². The summed E-state index contributed by atoms with van der Waals surface area (Å²) in [6.07, 6.45) is 0.923. The molecule has 1 aromatic carbocycles. The first-order chi connectivity index (χ1) is 11.2. The first kappa shape index (κ1) is 14.6. The molecule has 0 radical (unpaired) electrons. The van der Waals surface area contributed by atoms with E-state index in [-0.39, 0.29) is 11.8 Å². The minimum atomic E-state index is 0.0983. The molecule has 0 unspecified atom stereocenters. The number of carbonyl (C=O) groups excluding carboxylic acids is 1. The molecule has 2 atom stereocenters. The van der Waals surface area contributed by atoms with Gasteiger partial charge in [-0.25, -0.2) is 0 Å². The first-order valence-electron chi connectivity index (χ1n) is 7.88. The number of fused-ring (bicyclic) bond motifs is 1. The Labute approximate surface area is 139 Å². The van der Waals surface area contributed by atoms with Crippen molar-refractivity contribution >= 4 is 17.2 Å². The molecule has 23 heavy (non-hydrogen) atoms. The van der Waals surface area contributed by atoms with Crippen LogP contribution in [0.15, 0.2) is 35.0 Å². The van der Waals surface area contributed by atoms with Crippen LogP contribution in [-0.4, -0.2) is 31.1 Å². The molecular formula is C18H19NO3S. The Kier molecular flexibility index (Phi) is 3.73. The highest BCUT2D eigenvalue weighted by Crippen LogP contribution is 2.50. The number of hydrogen-bond acceptors (Lipinski definition) is 4. The van der Waals surface area contributed by atoms with E-state index in [0.717, 1.165) is 17.9 Å². The lowest BCUT2D eigenvalue weighted by molar-refractivity contribution is -0.131. The third kappa shape index (κ3) is 2.93. The predicted octanol–water partition coefficient (Wildman–Crippen LogP) is 3.28. The highest BCUT2D eigenvalue weighted by Gasteiger charge is 2.45. The number of rotatable bonds is 4. The number of carbonyl (C=O) groups is 1. The SMILES string of the molecule is CN(Cc1ccsc1)C(=O)[C@@H]1C[C@H]1c1ccc2c(c1)OCCO2. The molecule has 1 aromatic heterocycles. The normalized spacial score (nSPS) is 21.8. The molecule has 4 nitrogen and oxygen atoms in total. The average Bonchev–Trinajstić information content (AvgIpc) is 3.22. The summed E-state index contributed by atoms with van der Waals surface area (Å²) in [5.41, 5.74) is 2.37. The molecule has 4 rings (SSSR count). The maximum absolute atomic E-state index is 12.6. The molecular weight excluding hydrogens is 310 g/mol. The van der Waals surface area contributed by atoms with Crippen molar-refractivity contribution in [1.82, 2.24) is 4.90 Å². The summed E-state index contributed by atoms with van der Waals surface area (Å²) in [5.74, 6) is 2.25. The summed E-state index contributed by atoms with van der Waals surface area (Å²) >= 11 is 1.66. The van der Waals surface area contributed by atoms with Crippen molar-refractivity contribution in [2.24, 2.45) is 5.92 Å². The Hall–Kier alpha value is -2.01. The summed E-state index contributed by atoms with van der Waals surface area (Å²) in [7, 11) is 1.89. The Morgan fingerprint density at radius 2 is 2.09 bits per heavy atom. The Morgan fingerprint density at radius 1 is 1.26 bits per heavy atom. The van der Waals surface area contributed by atoms with E-state index in [9.17, 15) is 4.79 Å². The molecule has 120 valence electrons. The van der Waals surface area contributed by atoms with Crippen LogP contribution in [0.3, 0.4) is 0 Å². The number of nitrogens with zero attached hydrogens (tertiary/aromatic N) is 1. The first-order valence-corrected chi connectivity index (χ1v) is 8.82. The lowest BCUT2D eigenvalue weighted by Crippen LogP contribution is -2.27. The highest BCUT2D eigenvalue weighted by molar-refractivity contribution is 7.07. The molecule has 1 aliphatic carbocycles. The number of benzene rings is 1. The van der Waals surface area contributed by atoms with Crippen LogP contribution in [-0.2, 0) is 11.3 Å². The summed E-state index contributed by atoms with van der Waals surface area (Å²) in [6.45, 7) is 1.88. The van der Waals surface area contributed by atoms with Crippen molar-refractivity contribution in [3.05, 3.63) is 46.2 Å². The molecule has 1 aliphatic heterocycles. The van der Waals surface area contributed by atoms with Crippen molar-refractivity contribution in [3.8, 4) is 11.5 Å². The maximum atomic E-state index is 12.6. The summed E-state index contributed by atoms with van der Waals surface area (Å²) in [4.78, 5) is 14.4. The summed E-state index contributed by atoms with van der Waals surface area (Å²) in [6, 6.07) is 8.12. The van der Waals surface area contributed by atoms with Gasteiger partial charge >= 0.3 is 0 Å². The molecule has 1 amide bonds. The number of ether oxygens (including phenoxy) is 2. The van der Waals surface area contributed by atoms with Crippen LogP contribution in [0.25, 0.3) is 0 Å². The zero-order chi connectivity index (χ0) is 15.8. The predicted molar refractivity (Wildman–Crippen MR) is 89.1 cm³/mol. The van der Waals surface area contributed by atoms with Gasteiger partial charge in [0, 0.05) is 19.5 Å². The minimum Gasteiger partial charge on any atom is -0.486 e. The number of hydrogen-bond donors (Lipinski definition) is 0. The number of thiophene rings is 1. The largest absolute Gasteiger partial charge is 0.486 e. The third-order valence-electron chi connectivity index (χ3n) is 4.48. The van der Waals surface area contributed by atoms with Crippen molar-refractivity contribution in [1.29, 1.82) is 0 Å². The van der Waals surface area contributed by atoms with E-state index in [4.69, 9.17) is 9.47 Å². The van der Waals surface area contributed by atoms with Crippen molar-refractivity contribution in [2.45, 2.75) is 18.9 Å². The molecule has 0 saturated heterocycles. The average molecular weight is 329 g/mol. The lowest BCUT2D eigenvalue weighted by atomic mass is 10.1. The van der Waals surface area contributed by atoms with E-state index in [1.165, 1.54) is 11.1 Å². The second-order valence-electron chi connectivity index (χ2n) is 6.18. The van der Waals surface area contributed by atoms with E-state index in [1.54, 1.807) is 11.3 Å². The van der Waals surface area contributed by atoms with E-state index in [0.29, 0.717) is 25.7 Å². The van der Waals surface area contributed by atoms with E-state index in [2.05, 4.69) is 17.5 Å². The van der Waals surface area contributed by atoms with Gasteiger partial charge in [0.15, 0.2) is 11.5 Å². The topological polar surface area (TPSA) is 38.8 Å². The molecule has 1 saturated carbocycles. The second-order valence-corrected chi connectivity index (χ2v) is 6.96. The molecule has 2 aromatic rings. The monoisotopic (exact) mass is 329 g/mol. The van der Waals surface area contributed by atoms with Crippen LogP contribution in [0, 0.1) is 5.92 Å². The third-order valence-corrected chi connectivity index (χ3v) is 5.21. The molecule has 0 bridgehead atoms. The van der Waals surface area contributed by atoms with E-state index in [1.807, 2.05) is 29.5 Å². The fourth-order valence-electron chi connectivity index (χ4n) is 3.14. The lowest BCUT2D eigenvalue weighted by Gasteiger charge is -2.19. The number of amides is 1. The van der Waals surface area contributed by atoms with Gasteiger partial charge in [-0.05, 0) is 52.4 Å². The van der Waals surface area contributed by atoms with Gasteiger partial charge in [-0.15, -0.1) is 0 Å². The van der Waals surface area contributed by atoms with Gasteiger partial charge in [0.1, 0.15) is 13.2 Å². The Morgan fingerprint density at radius 3 is 2.87 bits per heavy atom. The fraction of sp³-hybridized carbons (Fsp3) is 0.389. The molecule has 5 heteroatoms. The summed E-state index contributed by atoms with van der Waals surface area (Å²) in [5, 5.41) is 4.14. The van der Waals surface area contributed by atoms with Gasteiger partial charge in [-0.3, -0.25) is 4.79 Å². The van der Waals surface area contributed by atoms with Crippen LogP contribution in [0.5, 0.6) is 11.5 Å². The van der Waals surface area contributed by atoms with Gasteiger partial charge < -0.3 is 14.4 Å². The van der Waals surface area contributed by atoms with Gasteiger partial charge in [0.25, 0.3) is 0 Å². The van der Waals surface area contributed by atoms with Crippen molar-refractivity contribution in [2.75, 3.05) is 20.3 Å². The zero-order valence-corrected chi connectivity index (χ0v) is 13.8. The van der Waals surface area contributed by atoms with Crippen LogP contribution >= 0.6 is 11.3 Å². The van der Waals surface area contributed by atoms with Gasteiger partial charge in [-0.2, -0.15) is 11.3 Å². The minimum absolute atomic E-state index is 0.0983. The molecule has 1 fully saturated rings. The van der Waals surface area contributed by atoms with Crippen LogP contribution in [0.2, 0.25) is 0 Å². The van der Waals surface area contributed by atoms with Crippen LogP contribution in [0.1, 0.15) is 23.5 Å². The Bertz CT molecular complexity index is 713. The van der Waals surface area contributed by atoms with Crippen LogP contribution in [0.4, 0.5) is 0 Å². The summed E-state index contributed by atoms with van der Waals surface area (Å²) < 4.78 is 11.2. The quantitative estimate of drug-likeness (QED) is 0.864. The van der Waals surface area contributed by atoms with E-state index < -0.39 is 0 Å². The highest BCUT2D eigenvalue weighted by atomic mass is 32.1. The molecule has 2 aliphatic rings. The molecule has 0 spiro atoms. The maximum Gasteiger partial charge on any atom is 0.226 e. The standard InChI is InChI=1S/C18H19NO3S/c1-19(10-12-4-7-23-11-12)18(20)15-9-14(15)13-2-3-16-17(8-13)22-6-5-21-16/h2-4,7-8,11,14-15H,5-6,9-10H2,1H3/t14-,15+/m0/s1. The molecule has 0 N–H and O–H groups in total. The Balaban J connectivity index is 1.42. The fourth-order valence-corrected chi connectivity index (χ4v) is 3.80. The smallest absolute Gasteiger partial charge is 0.226 e. The van der Waals surface area contributed by atoms with Crippen molar-refractivity contribution in [3.63, 3.8) is 0 Å². The zero-order valence-electron chi connectivity index (χ0n) is 13.0. The van der Waals surface area contributed by atoms with Crippen LogP contribution < -0.4 is 9.47 Å². The van der Waals surface area contributed by atoms with Gasteiger partial charge in [-0.1, -0.05) is 6.07 Å². The van der Waals surface area contributed by atoms with Gasteiger partial charge in [0.2, 0.25) is 5.91 Å². The van der Waals surface area contributed by atoms with Gasteiger partial charge in [0.05, 0.1) is 0 Å². The van der Waals surface area contributed by atoms with E-state index >= 15 is 0 Å². The second kappa shape index (κ2) is 5.89.